The zero-order valence-corrected chi connectivity index (χ0v) is 17.7. The lowest BCUT2D eigenvalue weighted by Crippen LogP contribution is -2.44. The molecule has 1 amide bonds. The second-order valence-electron chi connectivity index (χ2n) is 7.67. The number of pyridine rings is 1. The van der Waals surface area contributed by atoms with Gasteiger partial charge in [0.1, 0.15) is 4.90 Å². The van der Waals surface area contributed by atoms with E-state index in [1.165, 1.54) is 28.7 Å². The molecule has 0 spiro atoms. The van der Waals surface area contributed by atoms with Crippen molar-refractivity contribution in [2.75, 3.05) is 18.8 Å². The van der Waals surface area contributed by atoms with Gasteiger partial charge < -0.3 is 5.32 Å². The number of amides is 1. The molecule has 1 saturated heterocycles. The predicted molar refractivity (Wildman–Crippen MR) is 107 cm³/mol. The summed E-state index contributed by atoms with van der Waals surface area (Å²) in [5.41, 5.74) is 0. The summed E-state index contributed by atoms with van der Waals surface area (Å²) in [6, 6.07) is 3.53. The molecule has 8 heteroatoms. The van der Waals surface area contributed by atoms with Crippen molar-refractivity contribution < 1.29 is 13.2 Å². The minimum absolute atomic E-state index is 0.0153. The van der Waals surface area contributed by atoms with Crippen LogP contribution in [0.25, 0.3) is 0 Å². The number of hydrogen-bond acceptors (Lipinski definition) is 5. The van der Waals surface area contributed by atoms with Gasteiger partial charge >= 0.3 is 0 Å². The van der Waals surface area contributed by atoms with Gasteiger partial charge in [-0.1, -0.05) is 38.5 Å². The molecule has 1 aromatic rings. The van der Waals surface area contributed by atoms with Gasteiger partial charge in [0.2, 0.25) is 15.9 Å². The fourth-order valence-electron chi connectivity index (χ4n) is 3.86. The summed E-state index contributed by atoms with van der Waals surface area (Å²) >= 11 is 1.34. The van der Waals surface area contributed by atoms with Crippen LogP contribution >= 0.6 is 11.8 Å². The molecule has 0 radical (unpaired) electrons. The number of rotatable bonds is 6. The number of thioether (sulfide) groups is 1. The largest absolute Gasteiger partial charge is 0.352 e. The van der Waals surface area contributed by atoms with Crippen LogP contribution in [0, 0.1) is 11.8 Å². The molecular weight excluding hydrogens is 382 g/mol. The molecule has 150 valence electrons. The Morgan fingerprint density at radius 1 is 1.22 bits per heavy atom. The van der Waals surface area contributed by atoms with Crippen LogP contribution in [0.2, 0.25) is 0 Å². The quantitative estimate of drug-likeness (QED) is 0.728. The van der Waals surface area contributed by atoms with Crippen LogP contribution < -0.4 is 5.32 Å². The van der Waals surface area contributed by atoms with Crippen molar-refractivity contribution >= 4 is 27.7 Å². The molecule has 0 aromatic carbocycles. The normalized spacial score (nSPS) is 26.8. The number of sulfonamides is 1. The van der Waals surface area contributed by atoms with Crippen LogP contribution in [-0.2, 0) is 14.8 Å². The SMILES string of the molecule is C[C@H]1[C@@H](NC(=O)CSc2ccc(S(=O)(=O)N3CCCC3)cn2)CCC[C@@H]1C. The lowest BCUT2D eigenvalue weighted by molar-refractivity contribution is -0.120. The molecular formula is C19H29N3O3S2. The Morgan fingerprint density at radius 3 is 2.63 bits per heavy atom. The minimum Gasteiger partial charge on any atom is -0.352 e. The van der Waals surface area contributed by atoms with E-state index in [1.54, 1.807) is 12.1 Å². The van der Waals surface area contributed by atoms with E-state index in [4.69, 9.17) is 0 Å². The Hall–Kier alpha value is -1.12. The highest BCUT2D eigenvalue weighted by Gasteiger charge is 2.29. The third kappa shape index (κ3) is 5.03. The Bertz CT molecular complexity index is 746. The Labute approximate surface area is 166 Å². The first kappa shape index (κ1) is 20.6. The summed E-state index contributed by atoms with van der Waals surface area (Å²) in [5, 5.41) is 3.81. The average Bonchev–Trinajstić information content (AvgIpc) is 3.20. The van der Waals surface area contributed by atoms with Crippen molar-refractivity contribution in [2.45, 2.75) is 61.9 Å². The first-order valence-corrected chi connectivity index (χ1v) is 12.2. The van der Waals surface area contributed by atoms with E-state index in [0.29, 0.717) is 35.7 Å². The maximum atomic E-state index is 12.5. The zero-order chi connectivity index (χ0) is 19.4. The minimum atomic E-state index is -3.44. The number of carbonyl (C=O) groups is 1. The maximum Gasteiger partial charge on any atom is 0.244 e. The molecule has 1 N–H and O–H groups in total. The molecule has 0 bridgehead atoms. The molecule has 3 atom stereocenters. The molecule has 6 nitrogen and oxygen atoms in total. The molecule has 1 saturated carbocycles. The Morgan fingerprint density at radius 2 is 1.96 bits per heavy atom. The van der Waals surface area contributed by atoms with E-state index < -0.39 is 10.0 Å². The van der Waals surface area contributed by atoms with E-state index in [0.717, 1.165) is 25.7 Å². The number of nitrogens with one attached hydrogen (secondary N) is 1. The van der Waals surface area contributed by atoms with Crippen molar-refractivity contribution in [3.8, 4) is 0 Å². The van der Waals surface area contributed by atoms with Gasteiger partial charge in [-0.2, -0.15) is 4.31 Å². The predicted octanol–water partition coefficient (Wildman–Crippen LogP) is 2.90. The van der Waals surface area contributed by atoms with E-state index >= 15 is 0 Å². The highest BCUT2D eigenvalue weighted by atomic mass is 32.2. The van der Waals surface area contributed by atoms with Crippen molar-refractivity contribution in [3.63, 3.8) is 0 Å². The summed E-state index contributed by atoms with van der Waals surface area (Å²) in [5.74, 6) is 1.45. The third-order valence-corrected chi connectivity index (χ3v) is 8.64. The van der Waals surface area contributed by atoms with Gasteiger partial charge in [-0.3, -0.25) is 4.79 Å². The first-order valence-electron chi connectivity index (χ1n) is 9.76. The summed E-state index contributed by atoms with van der Waals surface area (Å²) in [4.78, 5) is 16.7. The molecule has 2 fully saturated rings. The third-order valence-electron chi connectivity index (χ3n) is 5.82. The van der Waals surface area contributed by atoms with Gasteiger partial charge in [-0.15, -0.1) is 0 Å². The van der Waals surface area contributed by atoms with Gasteiger partial charge in [0.05, 0.1) is 10.8 Å². The summed E-state index contributed by atoms with van der Waals surface area (Å²) in [6.45, 7) is 5.62. The molecule has 0 unspecified atom stereocenters. The molecule has 2 aliphatic rings. The average molecular weight is 412 g/mol. The molecule has 1 aliphatic heterocycles. The monoisotopic (exact) mass is 411 g/mol. The standard InChI is InChI=1S/C19H29N3O3S2/c1-14-6-5-7-17(15(14)2)21-18(23)13-26-19-9-8-16(12-20-19)27(24,25)22-10-3-4-11-22/h8-9,12,14-15,17H,3-7,10-11,13H2,1-2H3,(H,21,23)/t14-,15+,17-/m0/s1. The summed E-state index contributed by atoms with van der Waals surface area (Å²) in [7, 11) is -3.44. The van der Waals surface area contributed by atoms with Gasteiger partial charge in [-0.05, 0) is 43.2 Å². The first-order chi connectivity index (χ1) is 12.9. The van der Waals surface area contributed by atoms with Crippen LogP contribution in [0.5, 0.6) is 0 Å². The van der Waals surface area contributed by atoms with Crippen LogP contribution in [-0.4, -0.2) is 48.5 Å². The van der Waals surface area contributed by atoms with Gasteiger partial charge in [0.25, 0.3) is 0 Å². The van der Waals surface area contributed by atoms with E-state index in [9.17, 15) is 13.2 Å². The van der Waals surface area contributed by atoms with Gasteiger partial charge in [-0.25, -0.2) is 13.4 Å². The van der Waals surface area contributed by atoms with Crippen molar-refractivity contribution in [1.82, 2.24) is 14.6 Å². The molecule has 2 heterocycles. The fourth-order valence-corrected chi connectivity index (χ4v) is 5.97. The lowest BCUT2D eigenvalue weighted by atomic mass is 9.78. The fraction of sp³-hybridized carbons (Fsp3) is 0.684. The second kappa shape index (κ2) is 8.92. The van der Waals surface area contributed by atoms with Crippen molar-refractivity contribution in [2.24, 2.45) is 11.8 Å². The second-order valence-corrected chi connectivity index (χ2v) is 10.6. The number of hydrogen-bond donors (Lipinski definition) is 1. The maximum absolute atomic E-state index is 12.5. The molecule has 3 rings (SSSR count). The highest BCUT2D eigenvalue weighted by molar-refractivity contribution is 7.99. The molecule has 1 aromatic heterocycles. The Balaban J connectivity index is 1.52. The van der Waals surface area contributed by atoms with Gasteiger partial charge in [0, 0.05) is 25.3 Å². The van der Waals surface area contributed by atoms with Crippen LogP contribution in [0.3, 0.4) is 0 Å². The topological polar surface area (TPSA) is 79.4 Å². The van der Waals surface area contributed by atoms with E-state index in [1.807, 2.05) is 0 Å². The van der Waals surface area contributed by atoms with Crippen LogP contribution in [0.1, 0.15) is 46.0 Å². The van der Waals surface area contributed by atoms with E-state index in [-0.39, 0.29) is 16.8 Å². The van der Waals surface area contributed by atoms with Crippen LogP contribution in [0.4, 0.5) is 0 Å². The summed E-state index contributed by atoms with van der Waals surface area (Å²) in [6.07, 6.45) is 6.67. The molecule has 1 aliphatic carbocycles. The number of aromatic nitrogens is 1. The smallest absolute Gasteiger partial charge is 0.244 e. The van der Waals surface area contributed by atoms with E-state index in [2.05, 4.69) is 24.1 Å². The lowest BCUT2D eigenvalue weighted by Gasteiger charge is -2.34. The highest BCUT2D eigenvalue weighted by Crippen LogP contribution is 2.29. The summed E-state index contributed by atoms with van der Waals surface area (Å²) < 4.78 is 26.5. The molecule has 27 heavy (non-hydrogen) atoms. The van der Waals surface area contributed by atoms with Gasteiger partial charge in [0.15, 0.2) is 0 Å². The number of carbonyl (C=O) groups excluding carboxylic acids is 1. The van der Waals surface area contributed by atoms with Crippen LogP contribution in [0.15, 0.2) is 28.3 Å². The zero-order valence-electron chi connectivity index (χ0n) is 16.1. The Kier molecular flexibility index (Phi) is 6.81. The number of nitrogens with zero attached hydrogens (tertiary/aromatic N) is 2. The van der Waals surface area contributed by atoms with Crippen molar-refractivity contribution in [1.29, 1.82) is 0 Å². The van der Waals surface area contributed by atoms with Crippen molar-refractivity contribution in [3.05, 3.63) is 18.3 Å².